The molecule has 0 unspecified atom stereocenters. The first kappa shape index (κ1) is 26.6. The van der Waals surface area contributed by atoms with Crippen LogP contribution in [0, 0.1) is 0 Å². The SMILES string of the molecule is C=CC=C(C=Cc1nnc(-c2ccc(N(CC)CC)cc2)o1)c1nnc(-c2ccc(N(CC)CC)cc2)o1. The lowest BCUT2D eigenvalue weighted by molar-refractivity contribution is 0.554. The van der Waals surface area contributed by atoms with Gasteiger partial charge in [0.1, 0.15) is 0 Å². The van der Waals surface area contributed by atoms with E-state index >= 15 is 0 Å². The van der Waals surface area contributed by atoms with Crippen LogP contribution in [0.1, 0.15) is 39.5 Å². The molecule has 8 heteroatoms. The molecule has 0 spiro atoms. The first-order chi connectivity index (χ1) is 18.6. The lowest BCUT2D eigenvalue weighted by atomic mass is 10.2. The van der Waals surface area contributed by atoms with Crippen LogP contribution in [0.5, 0.6) is 0 Å². The molecule has 4 aromatic rings. The number of hydrogen-bond donors (Lipinski definition) is 0. The highest BCUT2D eigenvalue weighted by atomic mass is 16.4. The Morgan fingerprint density at radius 1 is 0.711 bits per heavy atom. The van der Waals surface area contributed by atoms with Gasteiger partial charge in [-0.3, -0.25) is 0 Å². The Labute approximate surface area is 224 Å². The van der Waals surface area contributed by atoms with Crippen molar-refractivity contribution in [2.75, 3.05) is 36.0 Å². The molecule has 2 heterocycles. The third-order valence-corrected chi connectivity index (χ3v) is 6.30. The summed E-state index contributed by atoms with van der Waals surface area (Å²) in [6.07, 6.45) is 6.97. The molecule has 0 aliphatic heterocycles. The number of hydrogen-bond acceptors (Lipinski definition) is 8. The normalized spacial score (nSPS) is 11.7. The van der Waals surface area contributed by atoms with Crippen molar-refractivity contribution in [2.45, 2.75) is 27.7 Å². The van der Waals surface area contributed by atoms with Gasteiger partial charge in [0, 0.05) is 60.3 Å². The van der Waals surface area contributed by atoms with Gasteiger partial charge in [-0.2, -0.15) is 0 Å². The maximum absolute atomic E-state index is 5.98. The molecule has 0 radical (unpaired) electrons. The first-order valence-corrected chi connectivity index (χ1v) is 13.0. The molecule has 8 nitrogen and oxygen atoms in total. The van der Waals surface area contributed by atoms with E-state index in [0.717, 1.165) is 48.7 Å². The second-order valence-corrected chi connectivity index (χ2v) is 8.49. The van der Waals surface area contributed by atoms with Crippen molar-refractivity contribution in [3.05, 3.63) is 85.1 Å². The smallest absolute Gasteiger partial charge is 0.248 e. The van der Waals surface area contributed by atoms with E-state index in [2.05, 4.69) is 88.7 Å². The minimum Gasteiger partial charge on any atom is -0.417 e. The van der Waals surface area contributed by atoms with E-state index < -0.39 is 0 Å². The van der Waals surface area contributed by atoms with Crippen LogP contribution in [0.3, 0.4) is 0 Å². The zero-order chi connectivity index (χ0) is 26.9. The van der Waals surface area contributed by atoms with Gasteiger partial charge in [0.2, 0.25) is 23.6 Å². The molecule has 0 aliphatic carbocycles. The molecule has 0 N–H and O–H groups in total. The molecule has 196 valence electrons. The van der Waals surface area contributed by atoms with E-state index in [0.29, 0.717) is 29.1 Å². The molecule has 0 aliphatic rings. The summed E-state index contributed by atoms with van der Waals surface area (Å²) >= 11 is 0. The first-order valence-electron chi connectivity index (χ1n) is 13.0. The average molecular weight is 511 g/mol. The van der Waals surface area contributed by atoms with Gasteiger partial charge >= 0.3 is 0 Å². The summed E-state index contributed by atoms with van der Waals surface area (Å²) in [6, 6.07) is 16.2. The Hall–Kier alpha value is -4.46. The number of nitrogens with zero attached hydrogens (tertiary/aromatic N) is 6. The van der Waals surface area contributed by atoms with Crippen molar-refractivity contribution < 1.29 is 8.83 Å². The van der Waals surface area contributed by atoms with Crippen LogP contribution in [0.4, 0.5) is 11.4 Å². The molecule has 0 fully saturated rings. The van der Waals surface area contributed by atoms with Crippen LogP contribution >= 0.6 is 0 Å². The van der Waals surface area contributed by atoms with Crippen LogP contribution in [0.2, 0.25) is 0 Å². The minimum atomic E-state index is 0.370. The van der Waals surface area contributed by atoms with Crippen molar-refractivity contribution in [1.29, 1.82) is 0 Å². The van der Waals surface area contributed by atoms with E-state index in [4.69, 9.17) is 8.83 Å². The second-order valence-electron chi connectivity index (χ2n) is 8.49. The fourth-order valence-corrected chi connectivity index (χ4v) is 4.17. The van der Waals surface area contributed by atoms with Gasteiger partial charge < -0.3 is 18.6 Å². The molecule has 38 heavy (non-hydrogen) atoms. The molecular formula is C30H34N6O2. The average Bonchev–Trinajstić information content (AvgIpc) is 3.64. The minimum absolute atomic E-state index is 0.370. The molecule has 0 saturated heterocycles. The molecule has 4 rings (SSSR count). The summed E-state index contributed by atoms with van der Waals surface area (Å²) in [6.45, 7) is 16.2. The van der Waals surface area contributed by atoms with E-state index in [9.17, 15) is 0 Å². The van der Waals surface area contributed by atoms with Gasteiger partial charge in [-0.05, 0) is 82.3 Å². The second kappa shape index (κ2) is 12.7. The number of allylic oxidation sites excluding steroid dienone is 4. The van der Waals surface area contributed by atoms with Gasteiger partial charge in [-0.25, -0.2) is 0 Å². The summed E-state index contributed by atoms with van der Waals surface area (Å²) in [5.74, 6) is 1.64. The molecule has 0 saturated carbocycles. The predicted octanol–water partition coefficient (Wildman–Crippen LogP) is 6.76. The molecule has 0 bridgehead atoms. The highest BCUT2D eigenvalue weighted by Gasteiger charge is 2.13. The van der Waals surface area contributed by atoms with Crippen molar-refractivity contribution in [1.82, 2.24) is 20.4 Å². The highest BCUT2D eigenvalue weighted by molar-refractivity contribution is 5.75. The van der Waals surface area contributed by atoms with Gasteiger partial charge in [0.15, 0.2) is 0 Å². The molecule has 0 atom stereocenters. The summed E-state index contributed by atoms with van der Waals surface area (Å²) in [4.78, 5) is 4.56. The van der Waals surface area contributed by atoms with Crippen LogP contribution in [-0.4, -0.2) is 46.6 Å². The zero-order valence-corrected chi connectivity index (χ0v) is 22.5. The standard InChI is InChI=1S/C30H34N6O2/c1-6-11-22(29-33-34-30(38-29)24-14-19-26(20-15-24)36(9-4)10-5)16-21-27-31-32-28(37-27)23-12-17-25(18-13-23)35(7-2)8-3/h6,11-21H,1,7-10H2,2-5H3. The Morgan fingerprint density at radius 3 is 1.71 bits per heavy atom. The zero-order valence-electron chi connectivity index (χ0n) is 22.5. The predicted molar refractivity (Wildman–Crippen MR) is 154 cm³/mol. The monoisotopic (exact) mass is 510 g/mol. The molecular weight excluding hydrogens is 476 g/mol. The number of anilines is 2. The lowest BCUT2D eigenvalue weighted by Crippen LogP contribution is -2.21. The third-order valence-electron chi connectivity index (χ3n) is 6.30. The fourth-order valence-electron chi connectivity index (χ4n) is 4.17. The quantitative estimate of drug-likeness (QED) is 0.193. The summed E-state index contributed by atoms with van der Waals surface area (Å²) in [5, 5.41) is 16.8. The Kier molecular flexibility index (Phi) is 8.87. The van der Waals surface area contributed by atoms with E-state index in [-0.39, 0.29) is 0 Å². The van der Waals surface area contributed by atoms with Crippen LogP contribution < -0.4 is 9.80 Å². The number of aromatic nitrogens is 4. The van der Waals surface area contributed by atoms with Crippen molar-refractivity contribution in [3.63, 3.8) is 0 Å². The molecule has 2 aromatic heterocycles. The van der Waals surface area contributed by atoms with Crippen molar-refractivity contribution in [2.24, 2.45) is 0 Å². The maximum atomic E-state index is 5.98. The van der Waals surface area contributed by atoms with Crippen LogP contribution in [0.15, 0.2) is 82.2 Å². The number of benzene rings is 2. The fraction of sp³-hybridized carbons (Fsp3) is 0.267. The van der Waals surface area contributed by atoms with Crippen molar-refractivity contribution >= 4 is 23.0 Å². The summed E-state index contributed by atoms with van der Waals surface area (Å²) in [7, 11) is 0. The topological polar surface area (TPSA) is 84.3 Å². The Morgan fingerprint density at radius 2 is 1.21 bits per heavy atom. The van der Waals surface area contributed by atoms with Crippen molar-refractivity contribution in [3.8, 4) is 22.9 Å². The van der Waals surface area contributed by atoms with Crippen LogP contribution in [-0.2, 0) is 0 Å². The summed E-state index contributed by atoms with van der Waals surface area (Å²) < 4.78 is 11.8. The highest BCUT2D eigenvalue weighted by Crippen LogP contribution is 2.26. The van der Waals surface area contributed by atoms with E-state index in [1.807, 2.05) is 24.3 Å². The maximum Gasteiger partial charge on any atom is 0.248 e. The largest absolute Gasteiger partial charge is 0.417 e. The Bertz CT molecular complexity index is 1370. The van der Waals surface area contributed by atoms with Gasteiger partial charge in [-0.15, -0.1) is 20.4 Å². The van der Waals surface area contributed by atoms with E-state index in [1.165, 1.54) is 0 Å². The summed E-state index contributed by atoms with van der Waals surface area (Å²) in [5.41, 5.74) is 4.73. The van der Waals surface area contributed by atoms with Crippen LogP contribution in [0.25, 0.3) is 34.6 Å². The Balaban J connectivity index is 1.48. The van der Waals surface area contributed by atoms with E-state index in [1.54, 1.807) is 24.3 Å². The van der Waals surface area contributed by atoms with Gasteiger partial charge in [-0.1, -0.05) is 18.7 Å². The molecule has 2 aromatic carbocycles. The van der Waals surface area contributed by atoms with Gasteiger partial charge in [0.25, 0.3) is 0 Å². The third kappa shape index (κ3) is 6.08. The number of rotatable bonds is 12. The molecule has 0 amide bonds. The van der Waals surface area contributed by atoms with Gasteiger partial charge in [0.05, 0.1) is 0 Å². The lowest BCUT2D eigenvalue weighted by Gasteiger charge is -2.20.